The van der Waals surface area contributed by atoms with Crippen LogP contribution in [0.3, 0.4) is 0 Å². The molecule has 2 saturated carbocycles. The fourth-order valence-electron chi connectivity index (χ4n) is 3.32. The minimum atomic E-state index is 0.536. The van der Waals surface area contributed by atoms with Crippen molar-refractivity contribution in [2.75, 3.05) is 13.1 Å². The van der Waals surface area contributed by atoms with E-state index in [1.807, 2.05) is 0 Å². The molecule has 2 heteroatoms. The summed E-state index contributed by atoms with van der Waals surface area (Å²) in [5, 5.41) is 0. The molecule has 0 radical (unpaired) electrons. The fourth-order valence-corrected chi connectivity index (χ4v) is 3.32. The molecule has 2 rings (SSSR count). The second-order valence-corrected chi connectivity index (χ2v) is 5.91. The normalized spacial score (nSPS) is 22.7. The topological polar surface area (TPSA) is 29.3 Å². The molecule has 0 unspecified atom stereocenters. The van der Waals surface area contributed by atoms with Gasteiger partial charge in [0.1, 0.15) is 0 Å². The molecule has 0 bridgehead atoms. The Hall–Kier alpha value is -0.0800. The van der Waals surface area contributed by atoms with E-state index in [0.717, 1.165) is 6.04 Å². The van der Waals surface area contributed by atoms with E-state index in [2.05, 4.69) is 18.7 Å². The van der Waals surface area contributed by atoms with Crippen molar-refractivity contribution < 1.29 is 0 Å². The Morgan fingerprint density at radius 2 is 1.22 bits per heavy atom. The lowest BCUT2D eigenvalue weighted by Gasteiger charge is -2.32. The molecular formula is C16H34N2. The zero-order chi connectivity index (χ0) is 13.2. The van der Waals surface area contributed by atoms with Crippen LogP contribution in [0.1, 0.15) is 78.1 Å². The van der Waals surface area contributed by atoms with E-state index in [1.54, 1.807) is 0 Å². The molecule has 18 heavy (non-hydrogen) atoms. The van der Waals surface area contributed by atoms with E-state index in [9.17, 15) is 0 Å². The summed E-state index contributed by atoms with van der Waals surface area (Å²) in [6.45, 7) is 7.03. The molecule has 2 fully saturated rings. The van der Waals surface area contributed by atoms with Crippen LogP contribution in [0.15, 0.2) is 0 Å². The second-order valence-electron chi connectivity index (χ2n) is 5.91. The Bertz CT molecular complexity index is 178. The molecule has 0 spiro atoms. The number of hydrogen-bond donors (Lipinski definition) is 1. The van der Waals surface area contributed by atoms with Crippen molar-refractivity contribution in [3.05, 3.63) is 0 Å². The molecule has 0 amide bonds. The van der Waals surface area contributed by atoms with Crippen LogP contribution >= 0.6 is 0 Å². The van der Waals surface area contributed by atoms with Gasteiger partial charge in [-0.15, -0.1) is 0 Å². The molecular weight excluding hydrogens is 220 g/mol. The second kappa shape index (κ2) is 9.80. The van der Waals surface area contributed by atoms with Crippen LogP contribution in [0.2, 0.25) is 0 Å². The van der Waals surface area contributed by atoms with Crippen molar-refractivity contribution in [3.63, 3.8) is 0 Å². The van der Waals surface area contributed by atoms with Crippen LogP contribution < -0.4 is 5.73 Å². The highest BCUT2D eigenvalue weighted by atomic mass is 15.1. The number of nitrogens with two attached hydrogens (primary N) is 1. The third-order valence-electron chi connectivity index (χ3n) is 4.55. The van der Waals surface area contributed by atoms with Gasteiger partial charge in [0.15, 0.2) is 0 Å². The van der Waals surface area contributed by atoms with Gasteiger partial charge in [-0.05, 0) is 38.8 Å². The summed E-state index contributed by atoms with van der Waals surface area (Å²) in [6.07, 6.45) is 13.9. The van der Waals surface area contributed by atoms with Gasteiger partial charge in [-0.2, -0.15) is 0 Å². The summed E-state index contributed by atoms with van der Waals surface area (Å²) in [6, 6.07) is 1.45. The molecule has 2 N–H and O–H groups in total. The highest BCUT2D eigenvalue weighted by molar-refractivity contribution is 4.73. The van der Waals surface area contributed by atoms with Gasteiger partial charge >= 0.3 is 0 Å². The van der Waals surface area contributed by atoms with Crippen LogP contribution in [-0.2, 0) is 0 Å². The Morgan fingerprint density at radius 3 is 1.56 bits per heavy atom. The maximum Gasteiger partial charge on any atom is 0.00950 e. The molecule has 0 heterocycles. The zero-order valence-electron chi connectivity index (χ0n) is 12.7. The number of nitrogens with zero attached hydrogens (tertiary/aromatic N) is 1. The van der Waals surface area contributed by atoms with E-state index in [1.165, 1.54) is 77.3 Å². The molecule has 0 aromatic rings. The van der Waals surface area contributed by atoms with Crippen LogP contribution in [0.5, 0.6) is 0 Å². The van der Waals surface area contributed by atoms with Crippen molar-refractivity contribution in [1.29, 1.82) is 0 Å². The summed E-state index contributed by atoms with van der Waals surface area (Å²) in [5.74, 6) is 0. The molecule has 0 atom stereocenters. The third kappa shape index (κ3) is 6.19. The van der Waals surface area contributed by atoms with E-state index in [4.69, 9.17) is 5.73 Å². The van der Waals surface area contributed by atoms with Gasteiger partial charge in [-0.25, -0.2) is 0 Å². The van der Waals surface area contributed by atoms with Crippen LogP contribution in [0.4, 0.5) is 0 Å². The minimum Gasteiger partial charge on any atom is -0.328 e. The minimum absolute atomic E-state index is 0.536. The summed E-state index contributed by atoms with van der Waals surface area (Å²) in [5.41, 5.74) is 5.63. The van der Waals surface area contributed by atoms with E-state index < -0.39 is 0 Å². The maximum absolute atomic E-state index is 5.63. The molecule has 2 nitrogen and oxygen atoms in total. The average Bonchev–Trinajstić information content (AvgIpc) is 2.43. The van der Waals surface area contributed by atoms with Gasteiger partial charge in [0.25, 0.3) is 0 Å². The molecule has 0 aromatic heterocycles. The van der Waals surface area contributed by atoms with Crippen LogP contribution in [-0.4, -0.2) is 30.1 Å². The molecule has 108 valence electrons. The molecule has 0 saturated heterocycles. The van der Waals surface area contributed by atoms with Crippen molar-refractivity contribution in [2.45, 2.75) is 90.1 Å². The first-order valence-electron chi connectivity index (χ1n) is 8.27. The smallest absolute Gasteiger partial charge is 0.00950 e. The summed E-state index contributed by atoms with van der Waals surface area (Å²) in [7, 11) is 0. The van der Waals surface area contributed by atoms with E-state index in [-0.39, 0.29) is 0 Å². The Labute approximate surface area is 114 Å². The average molecular weight is 254 g/mol. The lowest BCUT2D eigenvalue weighted by atomic mass is 9.94. The quantitative estimate of drug-likeness (QED) is 0.826. The zero-order valence-corrected chi connectivity index (χ0v) is 12.7. The van der Waals surface area contributed by atoms with E-state index >= 15 is 0 Å². The predicted molar refractivity (Wildman–Crippen MR) is 80.9 cm³/mol. The van der Waals surface area contributed by atoms with Gasteiger partial charge in [0, 0.05) is 12.1 Å². The summed E-state index contributed by atoms with van der Waals surface area (Å²) in [4.78, 5) is 2.61. The van der Waals surface area contributed by atoms with Crippen molar-refractivity contribution >= 4 is 0 Å². The lowest BCUT2D eigenvalue weighted by molar-refractivity contribution is 0.172. The van der Waals surface area contributed by atoms with Crippen molar-refractivity contribution in [1.82, 2.24) is 4.90 Å². The van der Waals surface area contributed by atoms with E-state index in [0.29, 0.717) is 6.04 Å². The highest BCUT2D eigenvalue weighted by Gasteiger charge is 2.17. The Kier molecular flexibility index (Phi) is 8.70. The third-order valence-corrected chi connectivity index (χ3v) is 4.55. The van der Waals surface area contributed by atoms with Crippen molar-refractivity contribution in [3.8, 4) is 0 Å². The van der Waals surface area contributed by atoms with Crippen LogP contribution in [0, 0.1) is 0 Å². The van der Waals surface area contributed by atoms with Crippen LogP contribution in [0.25, 0.3) is 0 Å². The monoisotopic (exact) mass is 254 g/mol. The summed E-state index contributed by atoms with van der Waals surface area (Å²) >= 11 is 0. The Balaban J connectivity index is 0.000000199. The van der Waals surface area contributed by atoms with Gasteiger partial charge in [0.05, 0.1) is 0 Å². The predicted octanol–water partition coefficient (Wildman–Crippen LogP) is 3.94. The standard InChI is InChI=1S/C10H21N.C6H13N/c1-3-11(4-2)10-8-6-5-7-9-10;7-6-4-2-1-3-5-6/h10H,3-9H2,1-2H3;6H,1-5,7H2. The molecule has 2 aliphatic carbocycles. The van der Waals surface area contributed by atoms with Gasteiger partial charge in [-0.3, -0.25) is 0 Å². The molecule has 0 aromatic carbocycles. The Morgan fingerprint density at radius 1 is 0.778 bits per heavy atom. The molecule has 2 aliphatic rings. The summed E-state index contributed by atoms with van der Waals surface area (Å²) < 4.78 is 0. The van der Waals surface area contributed by atoms with Gasteiger partial charge in [0.2, 0.25) is 0 Å². The SMILES string of the molecule is CCN(CC)C1CCCCC1.NC1CCCCC1. The first-order valence-corrected chi connectivity index (χ1v) is 8.27. The fraction of sp³-hybridized carbons (Fsp3) is 1.00. The van der Waals surface area contributed by atoms with Gasteiger partial charge < -0.3 is 10.6 Å². The van der Waals surface area contributed by atoms with Gasteiger partial charge in [-0.1, -0.05) is 52.4 Å². The first kappa shape index (κ1) is 16.0. The molecule has 0 aliphatic heterocycles. The highest BCUT2D eigenvalue weighted by Crippen LogP contribution is 2.21. The number of rotatable bonds is 3. The first-order chi connectivity index (χ1) is 8.77. The maximum atomic E-state index is 5.63. The number of hydrogen-bond acceptors (Lipinski definition) is 2. The lowest BCUT2D eigenvalue weighted by Crippen LogP contribution is -2.36. The van der Waals surface area contributed by atoms with Crippen molar-refractivity contribution in [2.24, 2.45) is 5.73 Å². The largest absolute Gasteiger partial charge is 0.328 e.